The lowest BCUT2D eigenvalue weighted by molar-refractivity contribution is 0.572. The fraction of sp³-hybridized carbons (Fsp3) is 0.294. The third-order valence-corrected chi connectivity index (χ3v) is 3.91. The second kappa shape index (κ2) is 6.23. The maximum atomic E-state index is 6.14. The van der Waals surface area contributed by atoms with Crippen molar-refractivity contribution in [1.29, 1.82) is 0 Å². The highest BCUT2D eigenvalue weighted by Gasteiger charge is 2.07. The van der Waals surface area contributed by atoms with Gasteiger partial charge in [0.05, 0.1) is 0 Å². The van der Waals surface area contributed by atoms with E-state index in [0.29, 0.717) is 6.04 Å². The number of nitrogens with one attached hydrogen (secondary N) is 1. The number of hydrogen-bond acceptors (Lipinski definition) is 1. The molecule has 0 aromatic heterocycles. The third-order valence-electron chi connectivity index (χ3n) is 3.50. The van der Waals surface area contributed by atoms with Gasteiger partial charge in [-0.15, -0.1) is 0 Å². The Kier molecular flexibility index (Phi) is 4.62. The molecule has 0 fully saturated rings. The fourth-order valence-corrected chi connectivity index (χ4v) is 2.40. The molecule has 2 rings (SSSR count). The van der Waals surface area contributed by atoms with Crippen LogP contribution in [0.3, 0.4) is 0 Å². The molecule has 0 amide bonds. The molecule has 0 aliphatic heterocycles. The molecule has 0 unspecified atom stereocenters. The van der Waals surface area contributed by atoms with Crippen molar-refractivity contribution in [2.24, 2.45) is 0 Å². The lowest BCUT2D eigenvalue weighted by Gasteiger charge is -2.17. The van der Waals surface area contributed by atoms with Gasteiger partial charge in [0, 0.05) is 17.6 Å². The Morgan fingerprint density at radius 2 is 1.79 bits per heavy atom. The van der Waals surface area contributed by atoms with Crippen molar-refractivity contribution in [3.8, 4) is 0 Å². The normalized spacial score (nSPS) is 12.4. The molecule has 0 heterocycles. The van der Waals surface area contributed by atoms with Crippen molar-refractivity contribution in [3.05, 3.63) is 69.7 Å². The Bertz CT molecular complexity index is 563. The van der Waals surface area contributed by atoms with Gasteiger partial charge in [0.15, 0.2) is 0 Å². The molecular weight excluding hydrogens is 254 g/mol. The van der Waals surface area contributed by atoms with Crippen LogP contribution in [0.25, 0.3) is 0 Å². The SMILES string of the molecule is Cc1ccc(CN[C@H](C)c2ccccc2C)cc1Cl. The summed E-state index contributed by atoms with van der Waals surface area (Å²) >= 11 is 6.14. The van der Waals surface area contributed by atoms with Gasteiger partial charge in [-0.2, -0.15) is 0 Å². The Morgan fingerprint density at radius 3 is 2.47 bits per heavy atom. The predicted octanol–water partition coefficient (Wildman–Crippen LogP) is 4.81. The van der Waals surface area contributed by atoms with Gasteiger partial charge < -0.3 is 5.32 Å². The number of aryl methyl sites for hydroxylation is 2. The predicted molar refractivity (Wildman–Crippen MR) is 82.6 cm³/mol. The molecule has 0 bridgehead atoms. The molecule has 1 atom stereocenters. The fourth-order valence-electron chi connectivity index (χ4n) is 2.20. The first-order valence-electron chi connectivity index (χ1n) is 6.62. The van der Waals surface area contributed by atoms with Crippen LogP contribution in [0.2, 0.25) is 5.02 Å². The Hall–Kier alpha value is -1.31. The molecule has 1 N–H and O–H groups in total. The minimum absolute atomic E-state index is 0.335. The molecule has 0 saturated carbocycles. The van der Waals surface area contributed by atoms with E-state index < -0.39 is 0 Å². The van der Waals surface area contributed by atoms with Gasteiger partial charge in [0.1, 0.15) is 0 Å². The van der Waals surface area contributed by atoms with Gasteiger partial charge in [-0.3, -0.25) is 0 Å². The zero-order valence-electron chi connectivity index (χ0n) is 11.7. The second-order valence-electron chi connectivity index (χ2n) is 5.04. The van der Waals surface area contributed by atoms with Crippen molar-refractivity contribution < 1.29 is 0 Å². The van der Waals surface area contributed by atoms with Crippen molar-refractivity contribution >= 4 is 11.6 Å². The molecular formula is C17H20ClN. The van der Waals surface area contributed by atoms with Crippen molar-refractivity contribution in [1.82, 2.24) is 5.32 Å². The number of hydrogen-bond donors (Lipinski definition) is 1. The quantitative estimate of drug-likeness (QED) is 0.843. The van der Waals surface area contributed by atoms with E-state index in [4.69, 9.17) is 11.6 Å². The van der Waals surface area contributed by atoms with Gasteiger partial charge >= 0.3 is 0 Å². The van der Waals surface area contributed by atoms with E-state index in [0.717, 1.165) is 17.1 Å². The molecule has 1 nitrogen and oxygen atoms in total. The van der Waals surface area contributed by atoms with Crippen LogP contribution in [0.4, 0.5) is 0 Å². The molecule has 0 spiro atoms. The summed E-state index contributed by atoms with van der Waals surface area (Å²) in [5.74, 6) is 0. The van der Waals surface area contributed by atoms with E-state index in [-0.39, 0.29) is 0 Å². The summed E-state index contributed by atoms with van der Waals surface area (Å²) in [5, 5.41) is 4.38. The average Bonchev–Trinajstić information content (AvgIpc) is 2.40. The molecule has 0 aliphatic rings. The molecule has 2 heteroatoms. The topological polar surface area (TPSA) is 12.0 Å². The number of rotatable bonds is 4. The smallest absolute Gasteiger partial charge is 0.0438 e. The van der Waals surface area contributed by atoms with E-state index in [2.05, 4.69) is 55.6 Å². The minimum Gasteiger partial charge on any atom is -0.306 e. The van der Waals surface area contributed by atoms with Crippen LogP contribution in [0.1, 0.15) is 35.2 Å². The van der Waals surface area contributed by atoms with Crippen LogP contribution in [-0.4, -0.2) is 0 Å². The highest BCUT2D eigenvalue weighted by molar-refractivity contribution is 6.31. The first kappa shape index (κ1) is 14.1. The second-order valence-corrected chi connectivity index (χ2v) is 5.45. The molecule has 0 radical (unpaired) electrons. The molecule has 0 saturated heterocycles. The lowest BCUT2D eigenvalue weighted by atomic mass is 10.0. The molecule has 2 aromatic rings. The highest BCUT2D eigenvalue weighted by Crippen LogP contribution is 2.19. The van der Waals surface area contributed by atoms with Crippen LogP contribution in [0.5, 0.6) is 0 Å². The molecule has 0 aliphatic carbocycles. The van der Waals surface area contributed by atoms with E-state index in [1.165, 1.54) is 16.7 Å². The Labute approximate surface area is 120 Å². The summed E-state index contributed by atoms with van der Waals surface area (Å²) in [4.78, 5) is 0. The van der Waals surface area contributed by atoms with E-state index >= 15 is 0 Å². The molecule has 2 aromatic carbocycles. The third kappa shape index (κ3) is 3.59. The van der Waals surface area contributed by atoms with Crippen LogP contribution in [0, 0.1) is 13.8 Å². The summed E-state index contributed by atoms with van der Waals surface area (Å²) in [7, 11) is 0. The number of halogens is 1. The zero-order chi connectivity index (χ0) is 13.8. The van der Waals surface area contributed by atoms with Crippen molar-refractivity contribution in [2.45, 2.75) is 33.4 Å². The summed E-state index contributed by atoms with van der Waals surface area (Å²) in [6.45, 7) is 7.19. The standard InChI is InChI=1S/C17H20ClN/c1-12-6-4-5-7-16(12)14(3)19-11-15-9-8-13(2)17(18)10-15/h4-10,14,19H,11H2,1-3H3/t14-/m1/s1. The van der Waals surface area contributed by atoms with E-state index in [1.54, 1.807) is 0 Å². The first-order valence-corrected chi connectivity index (χ1v) is 6.99. The van der Waals surface area contributed by atoms with Gasteiger partial charge in [0.2, 0.25) is 0 Å². The Morgan fingerprint density at radius 1 is 1.05 bits per heavy atom. The van der Waals surface area contributed by atoms with Crippen molar-refractivity contribution in [3.63, 3.8) is 0 Å². The van der Waals surface area contributed by atoms with Gasteiger partial charge in [-0.1, -0.05) is 48.0 Å². The molecule has 19 heavy (non-hydrogen) atoms. The van der Waals surface area contributed by atoms with Crippen LogP contribution < -0.4 is 5.32 Å². The Balaban J connectivity index is 2.02. The van der Waals surface area contributed by atoms with Crippen molar-refractivity contribution in [2.75, 3.05) is 0 Å². The minimum atomic E-state index is 0.335. The van der Waals surface area contributed by atoms with Crippen LogP contribution in [0.15, 0.2) is 42.5 Å². The summed E-state index contributed by atoms with van der Waals surface area (Å²) in [6, 6.07) is 15.0. The lowest BCUT2D eigenvalue weighted by Crippen LogP contribution is -2.18. The summed E-state index contributed by atoms with van der Waals surface area (Å²) in [5.41, 5.74) is 5.01. The first-order chi connectivity index (χ1) is 9.08. The zero-order valence-corrected chi connectivity index (χ0v) is 12.5. The maximum absolute atomic E-state index is 6.14. The summed E-state index contributed by atoms with van der Waals surface area (Å²) in [6.07, 6.45) is 0. The van der Waals surface area contributed by atoms with Crippen LogP contribution >= 0.6 is 11.6 Å². The van der Waals surface area contributed by atoms with Gasteiger partial charge in [-0.05, 0) is 49.1 Å². The molecule has 100 valence electrons. The van der Waals surface area contributed by atoms with Gasteiger partial charge in [0.25, 0.3) is 0 Å². The van der Waals surface area contributed by atoms with E-state index in [1.807, 2.05) is 13.0 Å². The highest BCUT2D eigenvalue weighted by atomic mass is 35.5. The largest absolute Gasteiger partial charge is 0.306 e. The summed E-state index contributed by atoms with van der Waals surface area (Å²) < 4.78 is 0. The number of benzene rings is 2. The maximum Gasteiger partial charge on any atom is 0.0438 e. The van der Waals surface area contributed by atoms with Crippen LogP contribution in [-0.2, 0) is 6.54 Å². The average molecular weight is 274 g/mol. The van der Waals surface area contributed by atoms with Gasteiger partial charge in [-0.25, -0.2) is 0 Å². The van der Waals surface area contributed by atoms with E-state index in [9.17, 15) is 0 Å². The monoisotopic (exact) mass is 273 g/mol.